The highest BCUT2D eigenvalue weighted by Gasteiger charge is 2.36. The van der Waals surface area contributed by atoms with Crippen LogP contribution in [-0.2, 0) is 17.7 Å². The van der Waals surface area contributed by atoms with Gasteiger partial charge in [0.2, 0.25) is 0 Å². The van der Waals surface area contributed by atoms with Crippen molar-refractivity contribution < 1.29 is 9.53 Å². The summed E-state index contributed by atoms with van der Waals surface area (Å²) in [6.07, 6.45) is 2.55. The lowest BCUT2D eigenvalue weighted by Crippen LogP contribution is -2.38. The summed E-state index contributed by atoms with van der Waals surface area (Å²) in [6.45, 7) is 4.95. The van der Waals surface area contributed by atoms with Crippen LogP contribution in [0.4, 0.5) is 4.79 Å². The van der Waals surface area contributed by atoms with Crippen LogP contribution in [0.15, 0.2) is 24.8 Å². The van der Waals surface area contributed by atoms with Gasteiger partial charge < -0.3 is 4.74 Å². The van der Waals surface area contributed by atoms with Gasteiger partial charge in [-0.15, -0.1) is 0 Å². The summed E-state index contributed by atoms with van der Waals surface area (Å²) in [7, 11) is 0. The molecule has 16 heavy (non-hydrogen) atoms. The number of hydrogen-bond acceptors (Lipinski definition) is 2. The van der Waals surface area contributed by atoms with Gasteiger partial charge in [-0.3, -0.25) is 4.90 Å². The van der Waals surface area contributed by atoms with E-state index in [0.717, 1.165) is 12.0 Å². The number of carbonyl (C=O) groups excluding carboxylic acids is 1. The Hall–Kier alpha value is -1.77. The molecule has 0 aliphatic carbocycles. The van der Waals surface area contributed by atoms with Crippen LogP contribution in [0.1, 0.15) is 16.7 Å². The molecular formula is C13H13NO2. The number of rotatable bonds is 1. The molecule has 1 fully saturated rings. The first-order valence-electron chi connectivity index (χ1n) is 5.45. The van der Waals surface area contributed by atoms with E-state index in [4.69, 9.17) is 4.74 Å². The third kappa shape index (κ3) is 1.32. The standard InChI is InChI=1S/C13H13NO2/c1-2-9-3-4-10-6-12-8-16-13(15)14(12)7-11(10)5-9/h2-5,12H,1,6-8H2. The molecule has 0 N–H and O–H groups in total. The Morgan fingerprint density at radius 2 is 2.31 bits per heavy atom. The van der Waals surface area contributed by atoms with E-state index in [2.05, 4.69) is 24.8 Å². The monoisotopic (exact) mass is 215 g/mol. The van der Waals surface area contributed by atoms with Crippen LogP contribution in [0, 0.1) is 0 Å². The van der Waals surface area contributed by atoms with Gasteiger partial charge in [-0.1, -0.05) is 24.8 Å². The summed E-state index contributed by atoms with van der Waals surface area (Å²) in [6, 6.07) is 6.53. The number of nitrogens with zero attached hydrogens (tertiary/aromatic N) is 1. The van der Waals surface area contributed by atoms with Crippen LogP contribution in [0.25, 0.3) is 6.08 Å². The number of carbonyl (C=O) groups is 1. The summed E-state index contributed by atoms with van der Waals surface area (Å²) >= 11 is 0. The molecular weight excluding hydrogens is 202 g/mol. The van der Waals surface area contributed by atoms with Crippen molar-refractivity contribution in [1.29, 1.82) is 0 Å². The van der Waals surface area contributed by atoms with E-state index in [1.807, 2.05) is 11.0 Å². The Kier molecular flexibility index (Phi) is 1.99. The van der Waals surface area contributed by atoms with E-state index in [1.54, 1.807) is 0 Å². The fourth-order valence-electron chi connectivity index (χ4n) is 2.41. The van der Waals surface area contributed by atoms with Gasteiger partial charge in [0.25, 0.3) is 0 Å². The lowest BCUT2D eigenvalue weighted by atomic mass is 9.93. The topological polar surface area (TPSA) is 29.5 Å². The van der Waals surface area contributed by atoms with Crippen molar-refractivity contribution in [2.45, 2.75) is 19.0 Å². The normalized spacial score (nSPS) is 22.4. The van der Waals surface area contributed by atoms with Crippen LogP contribution in [0.2, 0.25) is 0 Å². The molecule has 3 nitrogen and oxygen atoms in total. The van der Waals surface area contributed by atoms with Gasteiger partial charge in [-0.25, -0.2) is 4.79 Å². The van der Waals surface area contributed by atoms with E-state index in [0.29, 0.717) is 13.2 Å². The largest absolute Gasteiger partial charge is 0.447 e. The van der Waals surface area contributed by atoms with Crippen molar-refractivity contribution in [3.05, 3.63) is 41.5 Å². The molecule has 2 aliphatic rings. The zero-order valence-corrected chi connectivity index (χ0v) is 8.98. The molecule has 0 aromatic heterocycles. The molecule has 3 rings (SSSR count). The highest BCUT2D eigenvalue weighted by atomic mass is 16.6. The molecule has 1 unspecified atom stereocenters. The third-order valence-electron chi connectivity index (χ3n) is 3.34. The zero-order chi connectivity index (χ0) is 11.1. The fraction of sp³-hybridized carbons (Fsp3) is 0.308. The number of fused-ring (bicyclic) bond motifs is 2. The molecule has 2 heterocycles. The summed E-state index contributed by atoms with van der Waals surface area (Å²) in [4.78, 5) is 13.3. The van der Waals surface area contributed by atoms with Gasteiger partial charge in [-0.2, -0.15) is 0 Å². The van der Waals surface area contributed by atoms with Crippen LogP contribution >= 0.6 is 0 Å². The van der Waals surface area contributed by atoms with Gasteiger partial charge in [0.05, 0.1) is 6.04 Å². The minimum Gasteiger partial charge on any atom is -0.447 e. The highest BCUT2D eigenvalue weighted by Crippen LogP contribution is 2.28. The smallest absolute Gasteiger partial charge is 0.410 e. The van der Waals surface area contributed by atoms with Crippen molar-refractivity contribution >= 4 is 12.2 Å². The van der Waals surface area contributed by atoms with Crippen LogP contribution in [0.3, 0.4) is 0 Å². The average Bonchev–Trinajstić information content (AvgIpc) is 2.67. The predicted octanol–water partition coefficient (Wildman–Crippen LogP) is 2.21. The van der Waals surface area contributed by atoms with Crippen molar-refractivity contribution in [2.24, 2.45) is 0 Å². The van der Waals surface area contributed by atoms with Gasteiger partial charge in [0.1, 0.15) is 6.61 Å². The molecule has 1 aromatic carbocycles. The van der Waals surface area contributed by atoms with Crippen LogP contribution in [-0.4, -0.2) is 23.6 Å². The van der Waals surface area contributed by atoms with E-state index in [9.17, 15) is 4.79 Å². The van der Waals surface area contributed by atoms with E-state index >= 15 is 0 Å². The molecule has 1 atom stereocenters. The number of benzene rings is 1. The first-order valence-corrected chi connectivity index (χ1v) is 5.45. The third-order valence-corrected chi connectivity index (χ3v) is 3.34. The second-order valence-corrected chi connectivity index (χ2v) is 4.30. The molecule has 1 amide bonds. The summed E-state index contributed by atoms with van der Waals surface area (Å²) < 4.78 is 5.05. The summed E-state index contributed by atoms with van der Waals surface area (Å²) in [5.41, 5.74) is 3.64. The summed E-state index contributed by atoms with van der Waals surface area (Å²) in [5, 5.41) is 0. The maximum absolute atomic E-state index is 11.5. The van der Waals surface area contributed by atoms with Crippen molar-refractivity contribution in [1.82, 2.24) is 4.90 Å². The van der Waals surface area contributed by atoms with Crippen molar-refractivity contribution in [3.8, 4) is 0 Å². The van der Waals surface area contributed by atoms with E-state index in [1.165, 1.54) is 11.1 Å². The Bertz CT molecular complexity index is 467. The first kappa shape index (κ1) is 9.46. The molecule has 1 saturated heterocycles. The molecule has 1 aromatic rings. The predicted molar refractivity (Wildman–Crippen MR) is 60.9 cm³/mol. The maximum Gasteiger partial charge on any atom is 0.410 e. The van der Waals surface area contributed by atoms with Crippen molar-refractivity contribution in [3.63, 3.8) is 0 Å². The Labute approximate surface area is 94.3 Å². The SMILES string of the molecule is C=Cc1ccc2c(c1)CN1C(=O)OCC1C2. The van der Waals surface area contributed by atoms with Crippen LogP contribution in [0.5, 0.6) is 0 Å². The minimum absolute atomic E-state index is 0.181. The lowest BCUT2D eigenvalue weighted by molar-refractivity contribution is 0.155. The highest BCUT2D eigenvalue weighted by molar-refractivity contribution is 5.71. The Morgan fingerprint density at radius 1 is 1.44 bits per heavy atom. The van der Waals surface area contributed by atoms with E-state index in [-0.39, 0.29) is 12.1 Å². The van der Waals surface area contributed by atoms with Gasteiger partial charge >= 0.3 is 6.09 Å². The van der Waals surface area contributed by atoms with Gasteiger partial charge in [0, 0.05) is 6.54 Å². The minimum atomic E-state index is -0.181. The van der Waals surface area contributed by atoms with Gasteiger partial charge in [0.15, 0.2) is 0 Å². The molecule has 0 radical (unpaired) electrons. The van der Waals surface area contributed by atoms with Gasteiger partial charge in [-0.05, 0) is 29.2 Å². The van der Waals surface area contributed by atoms with E-state index < -0.39 is 0 Å². The molecule has 3 heteroatoms. The zero-order valence-electron chi connectivity index (χ0n) is 8.98. The van der Waals surface area contributed by atoms with Crippen LogP contribution < -0.4 is 0 Å². The first-order chi connectivity index (χ1) is 7.78. The average molecular weight is 215 g/mol. The molecule has 2 aliphatic heterocycles. The quantitative estimate of drug-likeness (QED) is 0.718. The molecule has 0 saturated carbocycles. The van der Waals surface area contributed by atoms with Crippen molar-refractivity contribution in [2.75, 3.05) is 6.61 Å². The Morgan fingerprint density at radius 3 is 3.12 bits per heavy atom. The Balaban J connectivity index is 1.98. The number of amides is 1. The lowest BCUT2D eigenvalue weighted by Gasteiger charge is -2.28. The molecule has 0 spiro atoms. The molecule has 0 bridgehead atoms. The number of ether oxygens (including phenoxy) is 1. The second-order valence-electron chi connectivity index (χ2n) is 4.30. The molecule has 82 valence electrons. The number of cyclic esters (lactones) is 1. The second kappa shape index (κ2) is 3.37. The summed E-state index contributed by atoms with van der Waals surface area (Å²) in [5.74, 6) is 0. The number of hydrogen-bond donors (Lipinski definition) is 0. The maximum atomic E-state index is 11.5. The fourth-order valence-corrected chi connectivity index (χ4v) is 2.41.